The number of aromatic nitrogens is 2. The predicted octanol–water partition coefficient (Wildman–Crippen LogP) is 0.667. The summed E-state index contributed by atoms with van der Waals surface area (Å²) in [4.78, 5) is 6.55. The first kappa shape index (κ1) is 9.21. The van der Waals surface area contributed by atoms with Gasteiger partial charge in [0.15, 0.2) is 0 Å². The van der Waals surface area contributed by atoms with Crippen molar-refractivity contribution in [2.45, 2.75) is 19.1 Å². The Kier molecular flexibility index (Phi) is 2.20. The molecule has 0 spiro atoms. The van der Waals surface area contributed by atoms with Crippen LogP contribution in [0, 0.1) is 6.92 Å². The van der Waals surface area contributed by atoms with Crippen LogP contribution < -0.4 is 0 Å². The van der Waals surface area contributed by atoms with Crippen molar-refractivity contribution < 1.29 is 13.0 Å². The first-order valence-corrected chi connectivity index (χ1v) is 4.89. The molecule has 0 amide bonds. The highest BCUT2D eigenvalue weighted by Crippen LogP contribution is 2.17. The van der Waals surface area contributed by atoms with E-state index in [4.69, 9.17) is 4.55 Å². The molecule has 12 heavy (non-hydrogen) atoms. The third kappa shape index (κ3) is 1.83. The van der Waals surface area contributed by atoms with Crippen molar-refractivity contribution in [1.29, 1.82) is 0 Å². The lowest BCUT2D eigenvalue weighted by atomic mass is 10.4. The standard InChI is InChI=1S/C6H10N2O3S/c1-4(12(9,10)11)6-3-7-5(2)8-6/h3-4H,1-2H3,(H,7,8)(H,9,10,11). The highest BCUT2D eigenvalue weighted by molar-refractivity contribution is 7.86. The molecule has 0 aliphatic rings. The quantitative estimate of drug-likeness (QED) is 0.671. The predicted molar refractivity (Wildman–Crippen MR) is 43.3 cm³/mol. The van der Waals surface area contributed by atoms with E-state index >= 15 is 0 Å². The van der Waals surface area contributed by atoms with Gasteiger partial charge in [-0.15, -0.1) is 0 Å². The number of nitrogens with zero attached hydrogens (tertiary/aromatic N) is 1. The number of imidazole rings is 1. The summed E-state index contributed by atoms with van der Waals surface area (Å²) >= 11 is 0. The van der Waals surface area contributed by atoms with E-state index in [9.17, 15) is 8.42 Å². The first-order chi connectivity index (χ1) is 5.41. The molecule has 1 heterocycles. The van der Waals surface area contributed by atoms with Gasteiger partial charge in [0.1, 0.15) is 11.1 Å². The van der Waals surface area contributed by atoms with E-state index in [1.54, 1.807) is 6.92 Å². The lowest BCUT2D eigenvalue weighted by Crippen LogP contribution is -2.08. The number of hydrogen-bond donors (Lipinski definition) is 2. The minimum atomic E-state index is -4.01. The van der Waals surface area contributed by atoms with Crippen molar-refractivity contribution in [1.82, 2.24) is 9.97 Å². The Labute approximate surface area is 70.6 Å². The molecular weight excluding hydrogens is 180 g/mol. The Hall–Kier alpha value is -0.880. The molecule has 0 saturated heterocycles. The molecule has 1 atom stereocenters. The van der Waals surface area contributed by atoms with E-state index in [2.05, 4.69) is 9.97 Å². The summed E-state index contributed by atoms with van der Waals surface area (Å²) in [5.74, 6) is 0.625. The van der Waals surface area contributed by atoms with Crippen LogP contribution in [0.2, 0.25) is 0 Å². The second-order valence-electron chi connectivity index (χ2n) is 2.58. The van der Waals surface area contributed by atoms with Gasteiger partial charge < -0.3 is 4.98 Å². The second kappa shape index (κ2) is 2.87. The summed E-state index contributed by atoms with van der Waals surface area (Å²) in [5, 5.41) is -0.946. The Bertz CT molecular complexity index is 368. The van der Waals surface area contributed by atoms with Gasteiger partial charge in [-0.05, 0) is 13.8 Å². The maximum Gasteiger partial charge on any atom is 0.273 e. The van der Waals surface area contributed by atoms with Crippen molar-refractivity contribution in [2.75, 3.05) is 0 Å². The number of nitrogens with one attached hydrogen (secondary N) is 1. The third-order valence-corrected chi connectivity index (χ3v) is 2.75. The van der Waals surface area contributed by atoms with Gasteiger partial charge in [0, 0.05) is 6.20 Å². The number of rotatable bonds is 2. The molecule has 0 bridgehead atoms. The fraction of sp³-hybridized carbons (Fsp3) is 0.500. The van der Waals surface area contributed by atoms with Crippen LogP contribution in [0.5, 0.6) is 0 Å². The first-order valence-electron chi connectivity index (χ1n) is 3.39. The van der Waals surface area contributed by atoms with Crippen molar-refractivity contribution in [3.8, 4) is 0 Å². The molecule has 0 aliphatic carbocycles. The zero-order chi connectivity index (χ0) is 9.35. The van der Waals surface area contributed by atoms with Gasteiger partial charge in [0.25, 0.3) is 10.1 Å². The van der Waals surface area contributed by atoms with Crippen LogP contribution in [0.1, 0.15) is 23.7 Å². The number of hydrogen-bond acceptors (Lipinski definition) is 3. The average Bonchev–Trinajstić information content (AvgIpc) is 2.32. The van der Waals surface area contributed by atoms with E-state index in [1.807, 2.05) is 0 Å². The highest BCUT2D eigenvalue weighted by atomic mass is 32.2. The van der Waals surface area contributed by atoms with E-state index in [-0.39, 0.29) is 0 Å². The summed E-state index contributed by atoms with van der Waals surface area (Å²) in [5.41, 5.74) is 0.398. The molecule has 0 aromatic carbocycles. The third-order valence-electron chi connectivity index (χ3n) is 1.61. The van der Waals surface area contributed by atoms with Gasteiger partial charge >= 0.3 is 0 Å². The zero-order valence-corrected chi connectivity index (χ0v) is 7.59. The Morgan fingerprint density at radius 2 is 2.25 bits per heavy atom. The molecule has 1 aromatic rings. The van der Waals surface area contributed by atoms with Crippen molar-refractivity contribution in [3.63, 3.8) is 0 Å². The van der Waals surface area contributed by atoms with Crippen LogP contribution >= 0.6 is 0 Å². The monoisotopic (exact) mass is 190 g/mol. The van der Waals surface area contributed by atoms with E-state index < -0.39 is 15.4 Å². The largest absolute Gasteiger partial charge is 0.345 e. The topological polar surface area (TPSA) is 83.1 Å². The molecule has 5 nitrogen and oxygen atoms in total. The summed E-state index contributed by atoms with van der Waals surface area (Å²) in [6.45, 7) is 3.10. The highest BCUT2D eigenvalue weighted by Gasteiger charge is 2.20. The molecule has 0 radical (unpaired) electrons. The summed E-state index contributed by atoms with van der Waals surface area (Å²) < 4.78 is 30.0. The second-order valence-corrected chi connectivity index (χ2v) is 4.32. The van der Waals surface area contributed by atoms with Gasteiger partial charge in [0.2, 0.25) is 0 Å². The lowest BCUT2D eigenvalue weighted by Gasteiger charge is -2.03. The van der Waals surface area contributed by atoms with E-state index in [0.29, 0.717) is 11.5 Å². The van der Waals surface area contributed by atoms with Crippen molar-refractivity contribution in [2.24, 2.45) is 0 Å². The fourth-order valence-corrected chi connectivity index (χ4v) is 1.25. The number of H-pyrrole nitrogens is 1. The van der Waals surface area contributed by atoms with Gasteiger partial charge in [-0.25, -0.2) is 4.98 Å². The van der Waals surface area contributed by atoms with Gasteiger partial charge in [-0.2, -0.15) is 8.42 Å². The molecule has 68 valence electrons. The van der Waals surface area contributed by atoms with Crippen LogP contribution in [0.4, 0.5) is 0 Å². The molecule has 1 rings (SSSR count). The molecule has 1 aromatic heterocycles. The fourth-order valence-electron chi connectivity index (χ4n) is 0.807. The van der Waals surface area contributed by atoms with Crippen LogP contribution in [-0.4, -0.2) is 22.9 Å². The number of aryl methyl sites for hydroxylation is 1. The van der Waals surface area contributed by atoms with Crippen LogP contribution in [0.3, 0.4) is 0 Å². The molecule has 0 aliphatic heterocycles. The maximum atomic E-state index is 10.6. The Morgan fingerprint density at radius 3 is 2.58 bits per heavy atom. The Balaban J connectivity index is 3.01. The van der Waals surface area contributed by atoms with Gasteiger partial charge in [0.05, 0.1) is 5.69 Å². The van der Waals surface area contributed by atoms with E-state index in [1.165, 1.54) is 13.1 Å². The summed E-state index contributed by atoms with van der Waals surface area (Å²) in [7, 11) is -4.01. The minimum Gasteiger partial charge on any atom is -0.345 e. The smallest absolute Gasteiger partial charge is 0.273 e. The zero-order valence-electron chi connectivity index (χ0n) is 6.77. The number of aromatic amines is 1. The van der Waals surface area contributed by atoms with Gasteiger partial charge in [-0.1, -0.05) is 0 Å². The SMILES string of the molecule is Cc1ncc(C(C)S(=O)(=O)O)[nH]1. The summed E-state index contributed by atoms with van der Waals surface area (Å²) in [6.07, 6.45) is 1.40. The van der Waals surface area contributed by atoms with Crippen LogP contribution in [0.15, 0.2) is 6.20 Å². The van der Waals surface area contributed by atoms with Crippen molar-refractivity contribution >= 4 is 10.1 Å². The normalized spacial score (nSPS) is 14.6. The maximum absolute atomic E-state index is 10.6. The lowest BCUT2D eigenvalue weighted by molar-refractivity contribution is 0.471. The molecule has 0 saturated carbocycles. The molecule has 6 heteroatoms. The van der Waals surface area contributed by atoms with Crippen LogP contribution in [-0.2, 0) is 10.1 Å². The summed E-state index contributed by atoms with van der Waals surface area (Å²) in [6, 6.07) is 0. The molecule has 1 unspecified atom stereocenters. The molecule has 2 N–H and O–H groups in total. The molecule has 0 fully saturated rings. The molecular formula is C6H10N2O3S. The Morgan fingerprint density at radius 1 is 1.67 bits per heavy atom. The van der Waals surface area contributed by atoms with Crippen LogP contribution in [0.25, 0.3) is 0 Å². The minimum absolute atomic E-state index is 0.398. The van der Waals surface area contributed by atoms with Crippen molar-refractivity contribution in [3.05, 3.63) is 17.7 Å². The van der Waals surface area contributed by atoms with E-state index in [0.717, 1.165) is 0 Å². The average molecular weight is 190 g/mol. The van der Waals surface area contributed by atoms with Gasteiger partial charge in [-0.3, -0.25) is 4.55 Å².